The van der Waals surface area contributed by atoms with Crippen LogP contribution in [-0.2, 0) is 4.74 Å². The number of thiophene rings is 1. The van der Waals surface area contributed by atoms with Crippen molar-refractivity contribution >= 4 is 34.7 Å². The molecule has 1 unspecified atom stereocenters. The number of likely N-dealkylation sites (tertiary alicyclic amines) is 1. The number of hydrazine groups is 1. The Balaban J connectivity index is 1.18. The molecule has 11 nitrogen and oxygen atoms in total. The molecule has 0 bridgehead atoms. The first kappa shape index (κ1) is 24.7. The summed E-state index contributed by atoms with van der Waals surface area (Å²) in [6.07, 6.45) is 1.08. The van der Waals surface area contributed by atoms with Gasteiger partial charge in [-0.15, -0.1) is 11.3 Å². The molecule has 1 aromatic carbocycles. The van der Waals surface area contributed by atoms with Crippen LogP contribution in [-0.4, -0.2) is 90.8 Å². The molecule has 4 N–H and O–H groups in total. The number of amides is 3. The van der Waals surface area contributed by atoms with Crippen molar-refractivity contribution in [2.45, 2.75) is 6.42 Å². The summed E-state index contributed by atoms with van der Waals surface area (Å²) < 4.78 is 5.31. The number of fused-ring (bicyclic) bond motifs is 3. The zero-order valence-corrected chi connectivity index (χ0v) is 21.8. The minimum Gasteiger partial charge on any atom is -0.379 e. The molecule has 1 aliphatic carbocycles. The molecular weight excluding hydrogens is 506 g/mol. The minimum atomic E-state index is -0.419. The average molecular weight is 536 g/mol. The van der Waals surface area contributed by atoms with E-state index in [-0.39, 0.29) is 11.7 Å². The summed E-state index contributed by atoms with van der Waals surface area (Å²) in [5.74, 6) is 0.138. The first-order chi connectivity index (χ1) is 18.5. The van der Waals surface area contributed by atoms with Crippen LogP contribution in [0.15, 0.2) is 30.3 Å². The lowest BCUT2D eigenvalue weighted by molar-refractivity contribution is 0.0207. The van der Waals surface area contributed by atoms with Crippen LogP contribution < -0.4 is 16.1 Å². The Morgan fingerprint density at radius 1 is 1.16 bits per heavy atom. The molecule has 12 heteroatoms. The third-order valence-corrected chi connectivity index (χ3v) is 8.28. The van der Waals surface area contributed by atoms with Crippen molar-refractivity contribution in [3.05, 3.63) is 46.3 Å². The maximum absolute atomic E-state index is 13.6. The number of nitrogens with zero attached hydrogens (tertiary/aromatic N) is 3. The van der Waals surface area contributed by atoms with Gasteiger partial charge in [-0.05, 0) is 44.1 Å². The number of benzene rings is 1. The fourth-order valence-electron chi connectivity index (χ4n) is 5.24. The van der Waals surface area contributed by atoms with E-state index in [0.717, 1.165) is 24.4 Å². The Morgan fingerprint density at radius 3 is 2.79 bits per heavy atom. The summed E-state index contributed by atoms with van der Waals surface area (Å²) in [6, 6.07) is 8.51. The van der Waals surface area contributed by atoms with E-state index in [1.54, 1.807) is 23.2 Å². The van der Waals surface area contributed by atoms with Gasteiger partial charge < -0.3 is 20.3 Å². The first-order valence-corrected chi connectivity index (χ1v) is 13.5. The van der Waals surface area contributed by atoms with Crippen LogP contribution in [0.4, 0.5) is 10.5 Å². The highest BCUT2D eigenvalue weighted by Crippen LogP contribution is 2.44. The highest BCUT2D eigenvalue weighted by Gasteiger charge is 2.36. The van der Waals surface area contributed by atoms with Crippen LogP contribution in [0.1, 0.15) is 32.0 Å². The van der Waals surface area contributed by atoms with Crippen molar-refractivity contribution in [1.29, 1.82) is 0 Å². The largest absolute Gasteiger partial charge is 0.379 e. The maximum atomic E-state index is 13.6. The van der Waals surface area contributed by atoms with Gasteiger partial charge in [0.05, 0.1) is 45.5 Å². The predicted octanol–water partition coefficient (Wildman–Crippen LogP) is 2.40. The number of ether oxygens (including phenoxy) is 1. The van der Waals surface area contributed by atoms with Crippen LogP contribution in [0, 0.1) is 5.92 Å². The monoisotopic (exact) mass is 535 g/mol. The van der Waals surface area contributed by atoms with Crippen molar-refractivity contribution in [1.82, 2.24) is 30.8 Å². The number of aromatic nitrogens is 2. The molecule has 4 heterocycles. The summed E-state index contributed by atoms with van der Waals surface area (Å²) in [6.45, 7) is 4.98. The molecule has 38 heavy (non-hydrogen) atoms. The Bertz CT molecular complexity index is 1390. The van der Waals surface area contributed by atoms with E-state index in [1.165, 1.54) is 11.3 Å². The molecule has 6 rings (SSSR count). The summed E-state index contributed by atoms with van der Waals surface area (Å²) in [5.41, 5.74) is 5.86. The van der Waals surface area contributed by atoms with Gasteiger partial charge in [-0.2, -0.15) is 5.10 Å². The molecule has 2 fully saturated rings. The fraction of sp³-hybridized carbons (Fsp3) is 0.385. The topological polar surface area (TPSA) is 132 Å². The number of aromatic amines is 1. The van der Waals surface area contributed by atoms with Crippen molar-refractivity contribution in [3.63, 3.8) is 0 Å². The standard InChI is InChI=1S/C26H29N7O4S/c1-32-8-7-15(14-32)13-27-25(35)19-6-5-18(38-19)23-21-22(29-30-23)16-3-2-4-17(20(16)24(21)34)28-26(36)31-33-9-11-37-12-10-33/h2-6,15H,7-14H2,1H3,(H,27,35)(H,29,30)(H2,28,31,36). The van der Waals surface area contributed by atoms with Gasteiger partial charge >= 0.3 is 6.03 Å². The smallest absolute Gasteiger partial charge is 0.333 e. The Labute approximate surface area is 223 Å². The van der Waals surface area contributed by atoms with E-state index in [1.807, 2.05) is 12.1 Å². The highest BCUT2D eigenvalue weighted by atomic mass is 32.1. The van der Waals surface area contributed by atoms with Gasteiger partial charge in [-0.3, -0.25) is 20.1 Å². The number of hydrogen-bond donors (Lipinski definition) is 4. The van der Waals surface area contributed by atoms with Gasteiger partial charge in [-0.25, -0.2) is 9.80 Å². The lowest BCUT2D eigenvalue weighted by Crippen LogP contribution is -2.49. The number of anilines is 1. The second-order valence-electron chi connectivity index (χ2n) is 9.84. The molecule has 2 aliphatic heterocycles. The summed E-state index contributed by atoms with van der Waals surface area (Å²) in [5, 5.41) is 15.1. The lowest BCUT2D eigenvalue weighted by atomic mass is 10.1. The normalized spacial score (nSPS) is 19.3. The van der Waals surface area contributed by atoms with E-state index in [0.29, 0.717) is 77.4 Å². The Morgan fingerprint density at radius 2 is 2.00 bits per heavy atom. The van der Waals surface area contributed by atoms with Gasteiger partial charge in [0.1, 0.15) is 5.69 Å². The van der Waals surface area contributed by atoms with Crippen LogP contribution in [0.25, 0.3) is 21.8 Å². The third-order valence-electron chi connectivity index (χ3n) is 7.18. The van der Waals surface area contributed by atoms with E-state index in [9.17, 15) is 14.4 Å². The number of carbonyl (C=O) groups excluding carboxylic acids is 3. The molecule has 0 radical (unpaired) electrons. The molecule has 198 valence electrons. The molecule has 3 aliphatic rings. The molecule has 0 spiro atoms. The quantitative estimate of drug-likeness (QED) is 0.298. The van der Waals surface area contributed by atoms with Gasteiger partial charge in [0.25, 0.3) is 5.91 Å². The molecule has 3 amide bonds. The van der Waals surface area contributed by atoms with Crippen LogP contribution in [0.5, 0.6) is 0 Å². The van der Waals surface area contributed by atoms with Gasteiger partial charge in [-0.1, -0.05) is 12.1 Å². The predicted molar refractivity (Wildman–Crippen MR) is 143 cm³/mol. The summed E-state index contributed by atoms with van der Waals surface area (Å²) >= 11 is 1.32. The van der Waals surface area contributed by atoms with Crippen molar-refractivity contribution < 1.29 is 19.1 Å². The molecule has 1 atom stereocenters. The number of rotatable bonds is 6. The number of ketones is 1. The zero-order chi connectivity index (χ0) is 26.2. The molecular formula is C26H29N7O4S. The number of hydrogen-bond acceptors (Lipinski definition) is 8. The number of morpholine rings is 1. The second-order valence-corrected chi connectivity index (χ2v) is 10.9. The van der Waals surface area contributed by atoms with E-state index in [4.69, 9.17) is 4.74 Å². The van der Waals surface area contributed by atoms with E-state index >= 15 is 0 Å². The number of nitrogens with one attached hydrogen (secondary N) is 4. The molecule has 0 saturated carbocycles. The second kappa shape index (κ2) is 10.3. The zero-order valence-electron chi connectivity index (χ0n) is 21.0. The van der Waals surface area contributed by atoms with Crippen LogP contribution >= 0.6 is 11.3 Å². The molecule has 2 aromatic heterocycles. The lowest BCUT2D eigenvalue weighted by Gasteiger charge is -2.27. The summed E-state index contributed by atoms with van der Waals surface area (Å²) in [7, 11) is 2.09. The molecule has 2 saturated heterocycles. The van der Waals surface area contributed by atoms with Crippen molar-refractivity contribution in [2.24, 2.45) is 5.92 Å². The number of H-pyrrole nitrogens is 1. The molecule has 3 aromatic rings. The SMILES string of the molecule is CN1CCC(CNC(=O)c2ccc(-c3[nH]nc4c3C(=O)c3c(NC(=O)NN5CCOCC5)cccc3-4)s2)C1. The Hall–Kier alpha value is -3.58. The summed E-state index contributed by atoms with van der Waals surface area (Å²) in [4.78, 5) is 42.6. The van der Waals surface area contributed by atoms with Gasteiger partial charge in [0.2, 0.25) is 0 Å². The minimum absolute atomic E-state index is 0.112. The highest BCUT2D eigenvalue weighted by molar-refractivity contribution is 7.17. The van der Waals surface area contributed by atoms with Gasteiger partial charge in [0.15, 0.2) is 5.78 Å². The third kappa shape index (κ3) is 4.71. The maximum Gasteiger partial charge on any atom is 0.333 e. The van der Waals surface area contributed by atoms with Gasteiger partial charge in [0, 0.05) is 31.7 Å². The first-order valence-electron chi connectivity index (χ1n) is 12.7. The number of urea groups is 1. The Kier molecular flexibility index (Phi) is 6.70. The number of carbonyl (C=O) groups is 3. The fourth-order valence-corrected chi connectivity index (χ4v) is 6.16. The average Bonchev–Trinajstić information content (AvgIpc) is 3.69. The van der Waals surface area contributed by atoms with E-state index < -0.39 is 6.03 Å². The van der Waals surface area contributed by atoms with E-state index in [2.05, 4.69) is 38.2 Å². The van der Waals surface area contributed by atoms with Crippen LogP contribution in [0.3, 0.4) is 0 Å². The van der Waals surface area contributed by atoms with Crippen molar-refractivity contribution in [3.8, 4) is 21.8 Å². The van der Waals surface area contributed by atoms with Crippen LogP contribution in [0.2, 0.25) is 0 Å². The van der Waals surface area contributed by atoms with Crippen molar-refractivity contribution in [2.75, 3.05) is 58.3 Å².